The Bertz CT molecular complexity index is 426. The number of aryl methyl sites for hydroxylation is 2. The predicted octanol–water partition coefficient (Wildman–Crippen LogP) is 11.4. The van der Waals surface area contributed by atoms with E-state index in [0.717, 1.165) is 0 Å². The van der Waals surface area contributed by atoms with E-state index in [1.807, 2.05) is 0 Å². The third-order valence-corrected chi connectivity index (χ3v) is 7.16. The summed E-state index contributed by atoms with van der Waals surface area (Å²) in [4.78, 5) is 0. The Kier molecular flexibility index (Phi) is 21.4. The van der Waals surface area contributed by atoms with E-state index in [2.05, 4.69) is 38.1 Å². The smallest absolute Gasteiger partial charge is 0.0279 e. The van der Waals surface area contributed by atoms with Crippen LogP contribution in [-0.4, -0.2) is 0 Å². The lowest BCUT2D eigenvalue weighted by Gasteiger charge is -2.06. The molecular weight excluding hydrogens is 384 g/mol. The van der Waals surface area contributed by atoms with Crippen molar-refractivity contribution >= 4 is 0 Å². The summed E-state index contributed by atoms with van der Waals surface area (Å²) < 4.78 is 0. The standard InChI is InChI=1S/C32H58/c1-3-5-7-9-11-13-15-17-19-21-23-25-31-27-29-32(30-28-31)26-24-22-20-18-16-14-12-10-8-6-4-2/h27-30H,3-26H2,1-2H3. The Hall–Kier alpha value is -0.780. The molecule has 0 aliphatic rings. The average Bonchev–Trinajstić information content (AvgIpc) is 2.82. The molecule has 0 aliphatic carbocycles. The molecule has 0 unspecified atom stereocenters. The molecule has 0 aromatic heterocycles. The normalized spacial score (nSPS) is 11.3. The van der Waals surface area contributed by atoms with Crippen LogP contribution in [0, 0.1) is 0 Å². The molecule has 0 nitrogen and oxygen atoms in total. The van der Waals surface area contributed by atoms with Gasteiger partial charge < -0.3 is 0 Å². The van der Waals surface area contributed by atoms with Crippen LogP contribution in [0.2, 0.25) is 0 Å². The van der Waals surface area contributed by atoms with Gasteiger partial charge in [-0.05, 0) is 36.8 Å². The number of hydrogen-bond donors (Lipinski definition) is 0. The van der Waals surface area contributed by atoms with Crippen molar-refractivity contribution in [1.82, 2.24) is 0 Å². The van der Waals surface area contributed by atoms with Gasteiger partial charge in [-0.3, -0.25) is 0 Å². The van der Waals surface area contributed by atoms with Gasteiger partial charge in [-0.1, -0.05) is 167 Å². The highest BCUT2D eigenvalue weighted by Gasteiger charge is 1.98. The molecule has 0 radical (unpaired) electrons. The molecule has 186 valence electrons. The van der Waals surface area contributed by atoms with Crippen molar-refractivity contribution in [2.45, 2.75) is 168 Å². The van der Waals surface area contributed by atoms with Crippen LogP contribution in [0.15, 0.2) is 24.3 Å². The Morgan fingerprint density at radius 2 is 0.531 bits per heavy atom. The number of benzene rings is 1. The summed E-state index contributed by atoms with van der Waals surface area (Å²) in [5.74, 6) is 0. The maximum atomic E-state index is 2.39. The summed E-state index contributed by atoms with van der Waals surface area (Å²) in [5, 5.41) is 0. The molecule has 0 saturated carbocycles. The van der Waals surface area contributed by atoms with Crippen molar-refractivity contribution < 1.29 is 0 Å². The van der Waals surface area contributed by atoms with E-state index < -0.39 is 0 Å². The molecule has 1 aromatic rings. The first-order valence-corrected chi connectivity index (χ1v) is 14.9. The first-order valence-electron chi connectivity index (χ1n) is 14.9. The molecule has 0 heterocycles. The van der Waals surface area contributed by atoms with Gasteiger partial charge in [0.05, 0.1) is 0 Å². The second-order valence-electron chi connectivity index (χ2n) is 10.4. The topological polar surface area (TPSA) is 0 Å². The molecule has 0 amide bonds. The predicted molar refractivity (Wildman–Crippen MR) is 147 cm³/mol. The molecule has 0 aliphatic heterocycles. The second kappa shape index (κ2) is 23.4. The van der Waals surface area contributed by atoms with Crippen LogP contribution in [0.25, 0.3) is 0 Å². The largest absolute Gasteiger partial charge is 0.0654 e. The minimum absolute atomic E-state index is 1.27. The van der Waals surface area contributed by atoms with Crippen molar-refractivity contribution in [1.29, 1.82) is 0 Å². The van der Waals surface area contributed by atoms with E-state index in [-0.39, 0.29) is 0 Å². The van der Waals surface area contributed by atoms with Crippen LogP contribution in [0.4, 0.5) is 0 Å². The van der Waals surface area contributed by atoms with Crippen molar-refractivity contribution in [2.24, 2.45) is 0 Å². The first-order chi connectivity index (χ1) is 15.9. The van der Waals surface area contributed by atoms with Gasteiger partial charge in [-0.25, -0.2) is 0 Å². The molecule has 1 aromatic carbocycles. The van der Waals surface area contributed by atoms with Crippen molar-refractivity contribution in [3.63, 3.8) is 0 Å². The highest BCUT2D eigenvalue weighted by atomic mass is 14.0. The maximum Gasteiger partial charge on any atom is -0.0279 e. The van der Waals surface area contributed by atoms with Gasteiger partial charge in [0.1, 0.15) is 0 Å². The lowest BCUT2D eigenvalue weighted by atomic mass is 10.0. The van der Waals surface area contributed by atoms with E-state index in [9.17, 15) is 0 Å². The molecule has 0 saturated heterocycles. The Morgan fingerprint density at radius 3 is 0.781 bits per heavy atom. The summed E-state index contributed by atoms with van der Waals surface area (Å²) in [7, 11) is 0. The lowest BCUT2D eigenvalue weighted by molar-refractivity contribution is 0.549. The third-order valence-electron chi connectivity index (χ3n) is 7.16. The van der Waals surface area contributed by atoms with Crippen molar-refractivity contribution in [3.05, 3.63) is 35.4 Å². The fraction of sp³-hybridized carbons (Fsp3) is 0.812. The molecular formula is C32H58. The molecule has 0 fully saturated rings. The lowest BCUT2D eigenvalue weighted by Crippen LogP contribution is -1.90. The van der Waals surface area contributed by atoms with Gasteiger partial charge in [-0.15, -0.1) is 0 Å². The van der Waals surface area contributed by atoms with Crippen molar-refractivity contribution in [2.75, 3.05) is 0 Å². The highest BCUT2D eigenvalue weighted by Crippen LogP contribution is 2.15. The van der Waals surface area contributed by atoms with Gasteiger partial charge in [-0.2, -0.15) is 0 Å². The molecule has 0 heteroatoms. The van der Waals surface area contributed by atoms with E-state index in [1.54, 1.807) is 11.1 Å². The maximum absolute atomic E-state index is 2.39. The van der Waals surface area contributed by atoms with E-state index >= 15 is 0 Å². The van der Waals surface area contributed by atoms with Crippen molar-refractivity contribution in [3.8, 4) is 0 Å². The Morgan fingerprint density at radius 1 is 0.312 bits per heavy atom. The zero-order chi connectivity index (χ0) is 23.0. The molecule has 1 rings (SSSR count). The van der Waals surface area contributed by atoms with E-state index in [0.29, 0.717) is 0 Å². The summed E-state index contributed by atoms with van der Waals surface area (Å²) >= 11 is 0. The summed E-state index contributed by atoms with van der Waals surface area (Å²) in [5.41, 5.74) is 3.09. The number of unbranched alkanes of at least 4 members (excludes halogenated alkanes) is 20. The number of hydrogen-bond acceptors (Lipinski definition) is 0. The summed E-state index contributed by atoms with van der Waals surface area (Å²) in [6, 6.07) is 9.57. The summed E-state index contributed by atoms with van der Waals surface area (Å²) in [6.07, 6.45) is 34.1. The zero-order valence-corrected chi connectivity index (χ0v) is 22.3. The molecule has 0 atom stereocenters. The van der Waals surface area contributed by atoms with Crippen LogP contribution in [0.1, 0.15) is 166 Å². The first kappa shape index (κ1) is 29.3. The minimum Gasteiger partial charge on any atom is -0.0654 e. The zero-order valence-electron chi connectivity index (χ0n) is 22.3. The van der Waals surface area contributed by atoms with Crippen LogP contribution >= 0.6 is 0 Å². The fourth-order valence-electron chi connectivity index (χ4n) is 4.86. The molecule has 0 bridgehead atoms. The van der Waals surface area contributed by atoms with Gasteiger partial charge in [0.15, 0.2) is 0 Å². The fourth-order valence-corrected chi connectivity index (χ4v) is 4.86. The van der Waals surface area contributed by atoms with Crippen LogP contribution in [0.3, 0.4) is 0 Å². The second-order valence-corrected chi connectivity index (χ2v) is 10.4. The van der Waals surface area contributed by atoms with E-state index in [4.69, 9.17) is 0 Å². The molecule has 0 spiro atoms. The van der Waals surface area contributed by atoms with Gasteiger partial charge in [0, 0.05) is 0 Å². The third kappa shape index (κ3) is 18.8. The Balaban J connectivity index is 1.89. The van der Waals surface area contributed by atoms with E-state index in [1.165, 1.54) is 154 Å². The van der Waals surface area contributed by atoms with Gasteiger partial charge in [0.25, 0.3) is 0 Å². The van der Waals surface area contributed by atoms with Crippen LogP contribution < -0.4 is 0 Å². The van der Waals surface area contributed by atoms with Gasteiger partial charge >= 0.3 is 0 Å². The van der Waals surface area contributed by atoms with Gasteiger partial charge in [0.2, 0.25) is 0 Å². The average molecular weight is 443 g/mol. The SMILES string of the molecule is CCCCCCCCCCCCCc1ccc(CCCCCCCCCCCCC)cc1. The molecule has 0 N–H and O–H groups in total. The summed E-state index contributed by atoms with van der Waals surface area (Å²) in [6.45, 7) is 4.60. The molecule has 32 heavy (non-hydrogen) atoms. The quantitative estimate of drug-likeness (QED) is 0.140. The van der Waals surface area contributed by atoms with Crippen LogP contribution in [0.5, 0.6) is 0 Å². The Labute approximate surface area is 203 Å². The number of rotatable bonds is 24. The van der Waals surface area contributed by atoms with Crippen LogP contribution in [-0.2, 0) is 12.8 Å². The monoisotopic (exact) mass is 442 g/mol. The minimum atomic E-state index is 1.27. The highest BCUT2D eigenvalue weighted by molar-refractivity contribution is 5.22.